The molecule has 1 aromatic heterocycles. The lowest BCUT2D eigenvalue weighted by Crippen LogP contribution is -2.18. The standard InChI is InChI=1S/C20H20N2O3S/c1-14-8-9-18(24-2)16(10-14)17-13-26-20(21-17)22-19(23)12-25-11-15-6-4-3-5-7-15/h3-10,13H,11-12H2,1-2H3,(H,21,22,23). The van der Waals surface area contributed by atoms with Gasteiger partial charge in [0.25, 0.3) is 5.91 Å². The van der Waals surface area contributed by atoms with Gasteiger partial charge in [-0.15, -0.1) is 11.3 Å². The first-order valence-corrected chi connectivity index (χ1v) is 9.06. The summed E-state index contributed by atoms with van der Waals surface area (Å²) in [6.07, 6.45) is 0. The van der Waals surface area contributed by atoms with Crippen LogP contribution >= 0.6 is 11.3 Å². The average molecular weight is 368 g/mol. The van der Waals surface area contributed by atoms with Crippen molar-refractivity contribution in [3.05, 3.63) is 65.0 Å². The SMILES string of the molecule is COc1ccc(C)cc1-c1csc(NC(=O)COCc2ccccc2)n1. The van der Waals surface area contributed by atoms with Crippen LogP contribution in [0.1, 0.15) is 11.1 Å². The van der Waals surface area contributed by atoms with Crippen LogP contribution in [0.15, 0.2) is 53.9 Å². The number of aromatic nitrogens is 1. The number of ether oxygens (including phenoxy) is 2. The molecular weight excluding hydrogens is 348 g/mol. The second-order valence-electron chi connectivity index (χ2n) is 5.77. The molecule has 0 aliphatic carbocycles. The largest absolute Gasteiger partial charge is 0.496 e. The van der Waals surface area contributed by atoms with Crippen LogP contribution in [0.25, 0.3) is 11.3 Å². The van der Waals surface area contributed by atoms with Crippen LogP contribution in [0.4, 0.5) is 5.13 Å². The number of aryl methyl sites for hydroxylation is 1. The first kappa shape index (κ1) is 18.1. The second kappa shape index (κ2) is 8.60. The van der Waals surface area contributed by atoms with E-state index in [0.29, 0.717) is 11.7 Å². The van der Waals surface area contributed by atoms with Crippen LogP contribution in [0.3, 0.4) is 0 Å². The highest BCUT2D eigenvalue weighted by Crippen LogP contribution is 2.32. The highest BCUT2D eigenvalue weighted by molar-refractivity contribution is 7.14. The predicted molar refractivity (Wildman–Crippen MR) is 104 cm³/mol. The molecular formula is C20H20N2O3S. The van der Waals surface area contributed by atoms with Crippen molar-refractivity contribution >= 4 is 22.4 Å². The lowest BCUT2D eigenvalue weighted by atomic mass is 10.1. The maximum absolute atomic E-state index is 12.0. The third-order valence-electron chi connectivity index (χ3n) is 3.73. The molecule has 0 aliphatic heterocycles. The van der Waals surface area contributed by atoms with Crippen molar-refractivity contribution in [2.45, 2.75) is 13.5 Å². The summed E-state index contributed by atoms with van der Waals surface area (Å²) in [5, 5.41) is 5.21. The van der Waals surface area contributed by atoms with Crippen LogP contribution in [0.2, 0.25) is 0 Å². The number of hydrogen-bond acceptors (Lipinski definition) is 5. The van der Waals surface area contributed by atoms with Gasteiger partial charge in [0.1, 0.15) is 12.4 Å². The summed E-state index contributed by atoms with van der Waals surface area (Å²) >= 11 is 1.37. The predicted octanol–water partition coefficient (Wildman–Crippen LogP) is 4.28. The molecule has 0 fully saturated rings. The first-order valence-electron chi connectivity index (χ1n) is 8.18. The normalized spacial score (nSPS) is 10.5. The number of carbonyl (C=O) groups is 1. The van der Waals surface area contributed by atoms with Crippen molar-refractivity contribution < 1.29 is 14.3 Å². The van der Waals surface area contributed by atoms with Gasteiger partial charge in [0.05, 0.1) is 19.4 Å². The van der Waals surface area contributed by atoms with Crippen molar-refractivity contribution in [1.82, 2.24) is 4.98 Å². The van der Waals surface area contributed by atoms with E-state index < -0.39 is 0 Å². The summed E-state index contributed by atoms with van der Waals surface area (Å²) in [5.74, 6) is 0.531. The molecule has 0 bridgehead atoms. The molecule has 26 heavy (non-hydrogen) atoms. The Labute approximate surface area is 156 Å². The third kappa shape index (κ3) is 4.68. The molecule has 0 saturated heterocycles. The van der Waals surface area contributed by atoms with Gasteiger partial charge in [0.15, 0.2) is 5.13 Å². The van der Waals surface area contributed by atoms with E-state index in [1.807, 2.05) is 60.8 Å². The van der Waals surface area contributed by atoms with Gasteiger partial charge in [-0.3, -0.25) is 10.1 Å². The maximum atomic E-state index is 12.0. The van der Waals surface area contributed by atoms with E-state index in [0.717, 1.165) is 28.1 Å². The molecule has 1 N–H and O–H groups in total. The molecule has 5 nitrogen and oxygen atoms in total. The quantitative estimate of drug-likeness (QED) is 0.676. The van der Waals surface area contributed by atoms with Crippen molar-refractivity contribution in [2.24, 2.45) is 0 Å². The second-order valence-corrected chi connectivity index (χ2v) is 6.63. The molecule has 0 atom stereocenters. The topological polar surface area (TPSA) is 60.5 Å². The van der Waals surface area contributed by atoms with E-state index in [1.54, 1.807) is 7.11 Å². The Hall–Kier alpha value is -2.70. The number of amides is 1. The molecule has 2 aromatic carbocycles. The van der Waals surface area contributed by atoms with Gasteiger partial charge in [0, 0.05) is 10.9 Å². The van der Waals surface area contributed by atoms with Crippen LogP contribution in [0, 0.1) is 6.92 Å². The van der Waals surface area contributed by atoms with E-state index in [1.165, 1.54) is 11.3 Å². The number of nitrogens with one attached hydrogen (secondary N) is 1. The highest BCUT2D eigenvalue weighted by atomic mass is 32.1. The minimum atomic E-state index is -0.224. The van der Waals surface area contributed by atoms with Crippen LogP contribution < -0.4 is 10.1 Å². The number of methoxy groups -OCH3 is 1. The van der Waals surface area contributed by atoms with Crippen LogP contribution in [0.5, 0.6) is 5.75 Å². The number of benzene rings is 2. The fourth-order valence-corrected chi connectivity index (χ4v) is 3.19. The summed E-state index contributed by atoms with van der Waals surface area (Å²) < 4.78 is 10.8. The fraction of sp³-hybridized carbons (Fsp3) is 0.200. The number of rotatable bonds is 7. The number of anilines is 1. The van der Waals surface area contributed by atoms with Gasteiger partial charge >= 0.3 is 0 Å². The van der Waals surface area contributed by atoms with Crippen molar-refractivity contribution in [3.63, 3.8) is 0 Å². The smallest absolute Gasteiger partial charge is 0.252 e. The van der Waals surface area contributed by atoms with E-state index in [4.69, 9.17) is 9.47 Å². The summed E-state index contributed by atoms with van der Waals surface area (Å²) in [6.45, 7) is 2.40. The molecule has 0 unspecified atom stereocenters. The van der Waals surface area contributed by atoms with Gasteiger partial charge in [-0.2, -0.15) is 0 Å². The summed E-state index contributed by atoms with van der Waals surface area (Å²) in [7, 11) is 1.63. The van der Waals surface area contributed by atoms with Crippen LogP contribution in [-0.4, -0.2) is 24.6 Å². The molecule has 1 heterocycles. The third-order valence-corrected chi connectivity index (χ3v) is 4.48. The molecule has 0 aliphatic rings. The lowest BCUT2D eigenvalue weighted by Gasteiger charge is -2.07. The number of hydrogen-bond donors (Lipinski definition) is 1. The minimum Gasteiger partial charge on any atom is -0.496 e. The zero-order chi connectivity index (χ0) is 18.4. The Morgan fingerprint density at radius 3 is 2.77 bits per heavy atom. The monoisotopic (exact) mass is 368 g/mol. The van der Waals surface area contributed by atoms with E-state index in [-0.39, 0.29) is 12.5 Å². The lowest BCUT2D eigenvalue weighted by molar-refractivity contribution is -0.121. The molecule has 3 rings (SSSR count). The molecule has 0 saturated carbocycles. The number of thiazole rings is 1. The van der Waals surface area contributed by atoms with Crippen LogP contribution in [-0.2, 0) is 16.1 Å². The summed E-state index contributed by atoms with van der Waals surface area (Å²) in [5.41, 5.74) is 3.83. The van der Waals surface area contributed by atoms with E-state index in [9.17, 15) is 4.79 Å². The average Bonchev–Trinajstić information content (AvgIpc) is 3.11. The molecule has 0 radical (unpaired) electrons. The van der Waals surface area contributed by atoms with Gasteiger partial charge < -0.3 is 9.47 Å². The maximum Gasteiger partial charge on any atom is 0.252 e. The van der Waals surface area contributed by atoms with Gasteiger partial charge in [-0.05, 0) is 24.6 Å². The fourth-order valence-electron chi connectivity index (χ4n) is 2.47. The summed E-state index contributed by atoms with van der Waals surface area (Å²) in [6, 6.07) is 15.7. The number of nitrogens with zero attached hydrogens (tertiary/aromatic N) is 1. The van der Waals surface area contributed by atoms with Gasteiger partial charge in [0.2, 0.25) is 0 Å². The Bertz CT molecular complexity index is 878. The van der Waals surface area contributed by atoms with E-state index >= 15 is 0 Å². The summed E-state index contributed by atoms with van der Waals surface area (Å²) in [4.78, 5) is 16.5. The van der Waals surface area contributed by atoms with Crippen molar-refractivity contribution in [3.8, 4) is 17.0 Å². The van der Waals surface area contributed by atoms with Crippen molar-refractivity contribution in [1.29, 1.82) is 0 Å². The Balaban J connectivity index is 1.58. The molecule has 3 aromatic rings. The Kier molecular flexibility index (Phi) is 5.99. The molecule has 0 spiro atoms. The zero-order valence-corrected chi connectivity index (χ0v) is 15.5. The first-order chi connectivity index (χ1) is 12.7. The van der Waals surface area contributed by atoms with Crippen molar-refractivity contribution in [2.75, 3.05) is 19.0 Å². The zero-order valence-electron chi connectivity index (χ0n) is 14.7. The Morgan fingerprint density at radius 2 is 2.00 bits per heavy atom. The van der Waals surface area contributed by atoms with Gasteiger partial charge in [-0.25, -0.2) is 4.98 Å². The van der Waals surface area contributed by atoms with E-state index in [2.05, 4.69) is 10.3 Å². The molecule has 1 amide bonds. The molecule has 6 heteroatoms. The molecule has 134 valence electrons. The highest BCUT2D eigenvalue weighted by Gasteiger charge is 2.12. The number of carbonyl (C=O) groups excluding carboxylic acids is 1. The minimum absolute atomic E-state index is 0.0163. The van der Waals surface area contributed by atoms with Gasteiger partial charge in [-0.1, -0.05) is 42.0 Å². The Morgan fingerprint density at radius 1 is 1.19 bits per heavy atom.